The monoisotopic (exact) mass is 286 g/mol. The maximum absolute atomic E-state index is 5.70. The molecule has 0 heterocycles. The van der Waals surface area contributed by atoms with Gasteiger partial charge in [0, 0.05) is 11.1 Å². The second-order valence-corrected chi connectivity index (χ2v) is 8.54. The predicted molar refractivity (Wildman–Crippen MR) is 87.9 cm³/mol. The average molecular weight is 286 g/mol. The molecule has 0 saturated heterocycles. The molecule has 0 aliphatic heterocycles. The molecule has 4 rings (SSSR count). The minimum absolute atomic E-state index is 0.312. The van der Waals surface area contributed by atoms with Gasteiger partial charge in [-0.3, -0.25) is 0 Å². The summed E-state index contributed by atoms with van der Waals surface area (Å²) in [4.78, 5) is 0. The van der Waals surface area contributed by atoms with Crippen molar-refractivity contribution < 1.29 is 0 Å². The Hall–Kier alpha value is -0.790. The number of nitrogens with zero attached hydrogens (tertiary/aromatic N) is 1. The number of allylic oxidation sites excluding steroid dienone is 2. The molecule has 0 aromatic carbocycles. The SMILES string of the molecule is C[C@]12CCCCC1=CC[C@@H]1C2CC[C@]2(C)/C(=N\N)CC[C@@H]12. The fourth-order valence-corrected chi connectivity index (χ4v) is 6.70. The third-order valence-corrected chi connectivity index (χ3v) is 7.91. The molecule has 0 aromatic rings. The first-order valence-electron chi connectivity index (χ1n) is 9.06. The zero-order chi connectivity index (χ0) is 14.7. The van der Waals surface area contributed by atoms with E-state index in [0.717, 1.165) is 24.2 Å². The van der Waals surface area contributed by atoms with Crippen LogP contribution in [0.15, 0.2) is 16.8 Å². The van der Waals surface area contributed by atoms with E-state index >= 15 is 0 Å². The Labute approximate surface area is 129 Å². The molecule has 2 heteroatoms. The Bertz CT molecular complexity index is 506. The molecular weight excluding hydrogens is 256 g/mol. The summed E-state index contributed by atoms with van der Waals surface area (Å²) in [6.45, 7) is 5.04. The van der Waals surface area contributed by atoms with Crippen molar-refractivity contribution in [2.75, 3.05) is 0 Å². The van der Waals surface area contributed by atoms with E-state index in [4.69, 9.17) is 5.84 Å². The number of fused-ring (bicyclic) bond motifs is 5. The van der Waals surface area contributed by atoms with Crippen molar-refractivity contribution in [1.29, 1.82) is 0 Å². The lowest BCUT2D eigenvalue weighted by Crippen LogP contribution is -2.49. The lowest BCUT2D eigenvalue weighted by molar-refractivity contribution is -0.00620. The smallest absolute Gasteiger partial charge is 0.0437 e. The minimum Gasteiger partial charge on any atom is -0.323 e. The highest BCUT2D eigenvalue weighted by Crippen LogP contribution is 2.64. The van der Waals surface area contributed by atoms with E-state index in [9.17, 15) is 0 Å². The highest BCUT2D eigenvalue weighted by Gasteiger charge is 2.57. The van der Waals surface area contributed by atoms with Crippen molar-refractivity contribution in [3.05, 3.63) is 11.6 Å². The van der Waals surface area contributed by atoms with E-state index in [1.807, 2.05) is 5.57 Å². The molecule has 4 aliphatic carbocycles. The summed E-state index contributed by atoms with van der Waals surface area (Å²) in [6.07, 6.45) is 14.8. The largest absolute Gasteiger partial charge is 0.323 e. The van der Waals surface area contributed by atoms with Crippen molar-refractivity contribution in [2.24, 2.45) is 39.5 Å². The first kappa shape index (κ1) is 13.8. The number of nitrogens with two attached hydrogens (primary N) is 1. The second kappa shape index (κ2) is 4.60. The molecule has 0 bridgehead atoms. The van der Waals surface area contributed by atoms with Crippen LogP contribution in [0.2, 0.25) is 0 Å². The second-order valence-electron chi connectivity index (χ2n) is 8.54. The zero-order valence-electron chi connectivity index (χ0n) is 13.7. The van der Waals surface area contributed by atoms with Gasteiger partial charge in [0.25, 0.3) is 0 Å². The van der Waals surface area contributed by atoms with E-state index in [1.165, 1.54) is 57.1 Å². The number of hydrazone groups is 1. The van der Waals surface area contributed by atoms with Crippen molar-refractivity contribution >= 4 is 5.71 Å². The number of hydrogen-bond donors (Lipinski definition) is 1. The lowest BCUT2D eigenvalue weighted by atomic mass is 9.48. The van der Waals surface area contributed by atoms with Crippen LogP contribution in [0.4, 0.5) is 0 Å². The predicted octanol–water partition coefficient (Wildman–Crippen LogP) is 4.65. The van der Waals surface area contributed by atoms with Gasteiger partial charge in [0.2, 0.25) is 0 Å². The van der Waals surface area contributed by atoms with E-state index in [1.54, 1.807) is 0 Å². The molecular formula is C19H30N2. The number of hydrogen-bond acceptors (Lipinski definition) is 2. The Morgan fingerprint density at radius 2 is 1.86 bits per heavy atom. The molecule has 2 nitrogen and oxygen atoms in total. The molecule has 0 aromatic heterocycles. The molecule has 2 N–H and O–H groups in total. The number of rotatable bonds is 0. The van der Waals surface area contributed by atoms with E-state index in [-0.39, 0.29) is 0 Å². The van der Waals surface area contributed by atoms with Crippen LogP contribution in [0.5, 0.6) is 0 Å². The molecule has 116 valence electrons. The Balaban J connectivity index is 1.70. The standard InChI is InChI=1S/C19H30N2/c1-18-11-4-3-5-13(18)6-7-14-15-8-9-17(21-20)19(15,2)12-10-16(14)18/h6,14-16H,3-5,7-12,20H2,1-2H3/b21-17-/t14-,15-,16?,18-,19-/m0/s1. The Kier molecular flexibility index (Phi) is 3.03. The van der Waals surface area contributed by atoms with Gasteiger partial charge in [0.05, 0.1) is 0 Å². The summed E-state index contributed by atoms with van der Waals surface area (Å²) in [6, 6.07) is 0. The molecule has 5 atom stereocenters. The van der Waals surface area contributed by atoms with Crippen LogP contribution < -0.4 is 5.84 Å². The maximum Gasteiger partial charge on any atom is 0.0437 e. The minimum atomic E-state index is 0.312. The molecule has 0 radical (unpaired) electrons. The van der Waals surface area contributed by atoms with Gasteiger partial charge in [-0.2, -0.15) is 5.10 Å². The molecule has 21 heavy (non-hydrogen) atoms. The van der Waals surface area contributed by atoms with Crippen LogP contribution in [-0.2, 0) is 0 Å². The fraction of sp³-hybridized carbons (Fsp3) is 0.842. The quantitative estimate of drug-likeness (QED) is 0.393. The molecule has 0 spiro atoms. The maximum atomic E-state index is 5.70. The van der Waals surface area contributed by atoms with Gasteiger partial charge in [-0.05, 0) is 74.5 Å². The average Bonchev–Trinajstić information content (AvgIpc) is 2.83. The first-order chi connectivity index (χ1) is 10.1. The van der Waals surface area contributed by atoms with Crippen molar-refractivity contribution in [1.82, 2.24) is 0 Å². The Morgan fingerprint density at radius 3 is 2.67 bits per heavy atom. The van der Waals surface area contributed by atoms with Gasteiger partial charge in [-0.15, -0.1) is 0 Å². The summed E-state index contributed by atoms with van der Waals surface area (Å²) >= 11 is 0. The fourth-order valence-electron chi connectivity index (χ4n) is 6.70. The molecule has 3 saturated carbocycles. The van der Waals surface area contributed by atoms with E-state index in [0.29, 0.717) is 10.8 Å². The molecule has 4 aliphatic rings. The van der Waals surface area contributed by atoms with Crippen LogP contribution in [0.3, 0.4) is 0 Å². The van der Waals surface area contributed by atoms with Crippen LogP contribution in [-0.4, -0.2) is 5.71 Å². The van der Waals surface area contributed by atoms with E-state index in [2.05, 4.69) is 25.0 Å². The van der Waals surface area contributed by atoms with Crippen LogP contribution >= 0.6 is 0 Å². The van der Waals surface area contributed by atoms with Gasteiger partial charge in [0.15, 0.2) is 0 Å². The normalized spacial score (nSPS) is 51.0. The first-order valence-corrected chi connectivity index (χ1v) is 9.06. The summed E-state index contributed by atoms with van der Waals surface area (Å²) in [5.74, 6) is 8.34. The van der Waals surface area contributed by atoms with Crippen LogP contribution in [0, 0.1) is 28.6 Å². The topological polar surface area (TPSA) is 38.4 Å². The van der Waals surface area contributed by atoms with Crippen molar-refractivity contribution in [3.63, 3.8) is 0 Å². The van der Waals surface area contributed by atoms with Gasteiger partial charge >= 0.3 is 0 Å². The summed E-state index contributed by atoms with van der Waals surface area (Å²) < 4.78 is 0. The van der Waals surface area contributed by atoms with Gasteiger partial charge in [-0.1, -0.05) is 31.9 Å². The highest BCUT2D eigenvalue weighted by atomic mass is 15.1. The third kappa shape index (κ3) is 1.74. The van der Waals surface area contributed by atoms with Crippen molar-refractivity contribution in [2.45, 2.75) is 71.6 Å². The summed E-state index contributed by atoms with van der Waals surface area (Å²) in [5.41, 5.74) is 3.95. The van der Waals surface area contributed by atoms with Crippen LogP contribution in [0.25, 0.3) is 0 Å². The zero-order valence-corrected chi connectivity index (χ0v) is 13.7. The molecule has 3 fully saturated rings. The highest BCUT2D eigenvalue weighted by molar-refractivity contribution is 5.92. The third-order valence-electron chi connectivity index (χ3n) is 7.91. The lowest BCUT2D eigenvalue weighted by Gasteiger charge is -2.56. The van der Waals surface area contributed by atoms with Gasteiger partial charge in [0.1, 0.15) is 0 Å². The summed E-state index contributed by atoms with van der Waals surface area (Å²) in [7, 11) is 0. The molecule has 0 amide bonds. The molecule has 1 unspecified atom stereocenters. The van der Waals surface area contributed by atoms with E-state index < -0.39 is 0 Å². The van der Waals surface area contributed by atoms with Crippen LogP contribution in [0.1, 0.15) is 71.6 Å². The van der Waals surface area contributed by atoms with Gasteiger partial charge < -0.3 is 5.84 Å². The van der Waals surface area contributed by atoms with Crippen molar-refractivity contribution in [3.8, 4) is 0 Å². The summed E-state index contributed by atoms with van der Waals surface area (Å²) in [5, 5.41) is 4.18. The Morgan fingerprint density at radius 1 is 1.05 bits per heavy atom. The van der Waals surface area contributed by atoms with Gasteiger partial charge in [-0.25, -0.2) is 0 Å².